The van der Waals surface area contributed by atoms with Gasteiger partial charge in [0.2, 0.25) is 41.4 Å². The molecule has 8 atom stereocenters. The van der Waals surface area contributed by atoms with Gasteiger partial charge in [-0.15, -0.1) is 0 Å². The number of guanidine groups is 1. The number of hydrogen-bond donors (Lipinski definition) is 15. The van der Waals surface area contributed by atoms with E-state index in [9.17, 15) is 57.8 Å². The number of unbranched alkanes of at least 4 members (excludes halogenated alkanes) is 2. The predicted octanol–water partition coefficient (Wildman–Crippen LogP) is -4.80. The zero-order valence-electron chi connectivity index (χ0n) is 42.0. The number of carbonyl (C=O) groups is 9. The molecular formula is C47H78FN15O11. The maximum absolute atomic E-state index is 14.4. The summed E-state index contributed by atoms with van der Waals surface area (Å²) in [6, 6.07) is -3.43. The third-order valence-electron chi connectivity index (χ3n) is 12.0. The third-order valence-corrected chi connectivity index (χ3v) is 12.0. The molecule has 1 aromatic rings. The van der Waals surface area contributed by atoms with Crippen LogP contribution in [-0.4, -0.2) is 168 Å². The second kappa shape index (κ2) is 34.0. The summed E-state index contributed by atoms with van der Waals surface area (Å²) in [5.74, 6) is -8.11. The molecule has 26 nitrogen and oxygen atoms in total. The van der Waals surface area contributed by atoms with Gasteiger partial charge >= 0.3 is 5.97 Å². The molecule has 0 spiro atoms. The van der Waals surface area contributed by atoms with Crippen LogP contribution < -0.4 is 72.0 Å². The van der Waals surface area contributed by atoms with Crippen LogP contribution in [0, 0.1) is 5.82 Å². The van der Waals surface area contributed by atoms with Crippen LogP contribution in [0.2, 0.25) is 0 Å². The van der Waals surface area contributed by atoms with E-state index in [-0.39, 0.29) is 89.0 Å². The lowest BCUT2D eigenvalue weighted by Gasteiger charge is -2.42. The first-order chi connectivity index (χ1) is 35.2. The number of aliphatic imine (C=N–C) groups is 1. The number of aliphatic carboxylic acids is 1. The zero-order chi connectivity index (χ0) is 55.3. The number of nitrogens with zero attached hydrogens (tertiary/aromatic N) is 2. The summed E-state index contributed by atoms with van der Waals surface area (Å²) >= 11 is 0. The number of aliphatic hydroxyl groups is 1. The molecule has 1 fully saturated rings. The highest BCUT2D eigenvalue weighted by Gasteiger charge is 2.42. The van der Waals surface area contributed by atoms with Crippen LogP contribution in [0.5, 0.6) is 0 Å². The Morgan fingerprint density at radius 1 is 0.797 bits per heavy atom. The van der Waals surface area contributed by atoms with E-state index in [1.165, 1.54) is 42.2 Å². The quantitative estimate of drug-likeness (QED) is 0.0130. The van der Waals surface area contributed by atoms with Gasteiger partial charge in [-0.1, -0.05) is 24.6 Å². The summed E-state index contributed by atoms with van der Waals surface area (Å²) in [4.78, 5) is 125. The lowest BCUT2D eigenvalue weighted by Crippen LogP contribution is -2.64. The fourth-order valence-electron chi connectivity index (χ4n) is 7.63. The number of Topliss-reactive ketones (excluding diaryl/α,β-unsaturated/α-hetero) is 1. The van der Waals surface area contributed by atoms with Gasteiger partial charge in [-0.25, -0.2) is 9.18 Å². The number of carboxylic acid groups (broad SMARTS) is 1. The zero-order valence-corrected chi connectivity index (χ0v) is 42.0. The van der Waals surface area contributed by atoms with E-state index < -0.39 is 120 Å². The molecule has 2 rings (SSSR count). The molecule has 0 saturated carbocycles. The molecule has 414 valence electrons. The van der Waals surface area contributed by atoms with Crippen molar-refractivity contribution >= 4 is 59.1 Å². The molecule has 1 aromatic carbocycles. The van der Waals surface area contributed by atoms with E-state index in [0.717, 1.165) is 0 Å². The highest BCUT2D eigenvalue weighted by molar-refractivity contribution is 5.98. The van der Waals surface area contributed by atoms with E-state index >= 15 is 0 Å². The van der Waals surface area contributed by atoms with Gasteiger partial charge < -0.3 is 87.1 Å². The first-order valence-corrected chi connectivity index (χ1v) is 24.7. The smallest absolute Gasteiger partial charge is 0.331 e. The van der Waals surface area contributed by atoms with Crippen LogP contribution in [0.4, 0.5) is 4.39 Å². The number of benzene rings is 1. The number of aliphatic hydroxyl groups excluding tert-OH is 1. The lowest BCUT2D eigenvalue weighted by molar-refractivity contribution is -0.150. The Bertz CT molecular complexity index is 2110. The standard InChI is InChI=1S/C47H78FN15O11/c1-27(58-44(71)39(37(65)25-52)62-41(68)31(53)12-2-4-18-49)40(67)57-26-38(66)59-33(14-7-20-51)45(72)63-22-17-35(63)43(70)61-34(24-28-9-6-11-30(48)23-28)42(69)60-32(13-3-5-19-50)36(64)16-15-29(46(73)74)10-8-21-56-47(54)55/h6,9-11,23,27,31-35,37,39,65H,2-5,7-8,12-22,24-26,49-53H2,1H3,(H,57,67)(H,58,71)(H,59,66)(H,60,69)(H,61,70)(H,62,68)(H,73,74)(H4,54,55,56)/b29-10+/t27-,31-,32-,33+,34-,35-,37-,39-/m0/s1. The summed E-state index contributed by atoms with van der Waals surface area (Å²) in [5.41, 5.74) is 39.3. The molecular weight excluding hydrogens is 970 g/mol. The fourth-order valence-corrected chi connectivity index (χ4v) is 7.63. The third kappa shape index (κ3) is 22.6. The maximum Gasteiger partial charge on any atom is 0.331 e. The normalized spacial score (nSPS) is 16.1. The van der Waals surface area contributed by atoms with E-state index in [2.05, 4.69) is 36.9 Å². The minimum Gasteiger partial charge on any atom is -0.478 e. The van der Waals surface area contributed by atoms with Crippen LogP contribution in [0.15, 0.2) is 40.9 Å². The number of rotatable bonds is 36. The highest BCUT2D eigenvalue weighted by atomic mass is 19.1. The van der Waals surface area contributed by atoms with Gasteiger partial charge in [0.1, 0.15) is 36.0 Å². The van der Waals surface area contributed by atoms with Gasteiger partial charge in [0, 0.05) is 38.0 Å². The van der Waals surface area contributed by atoms with Crippen molar-refractivity contribution in [3.63, 3.8) is 0 Å². The molecule has 27 heteroatoms. The SMILES string of the molecule is C[C@H](NC(=O)[C@@H](NC(=O)[C@@H](N)CCCCN)[C@@H](O)CN)C(=O)NCC(=O)N[C@H](CCCN)C(=O)N1CC[C@H]1C(=O)N[C@@H](Cc1cccc(F)c1)C(=O)N[C@@H](CCCCN)C(=O)CC/C(=C\CCN=C(N)N)C(=O)O. The molecule has 7 amide bonds. The molecule has 74 heavy (non-hydrogen) atoms. The molecule has 22 N–H and O–H groups in total. The monoisotopic (exact) mass is 1050 g/mol. The number of halogens is 1. The summed E-state index contributed by atoms with van der Waals surface area (Å²) in [7, 11) is 0. The Hall–Kier alpha value is -6.65. The van der Waals surface area contributed by atoms with Crippen LogP contribution >= 0.6 is 0 Å². The second-order valence-electron chi connectivity index (χ2n) is 17.9. The topological polar surface area (TPSA) is 464 Å². The fraction of sp³-hybridized carbons (Fsp3) is 0.617. The Morgan fingerprint density at radius 2 is 1.46 bits per heavy atom. The Balaban J connectivity index is 2.20. The van der Waals surface area contributed by atoms with Gasteiger partial charge in [-0.05, 0) is 108 Å². The van der Waals surface area contributed by atoms with Crippen molar-refractivity contribution in [3.05, 3.63) is 47.3 Å². The summed E-state index contributed by atoms with van der Waals surface area (Å²) < 4.78 is 14.4. The number of nitrogens with one attached hydrogen (secondary N) is 6. The number of nitrogens with two attached hydrogens (primary N) is 7. The summed E-state index contributed by atoms with van der Waals surface area (Å²) in [5, 5.41) is 35.1. The van der Waals surface area contributed by atoms with E-state index in [1.807, 2.05) is 0 Å². The number of likely N-dealkylation sites (tertiary alicyclic amines) is 1. The number of amides is 7. The Kier molecular flexibility index (Phi) is 29.1. The maximum atomic E-state index is 14.4. The van der Waals surface area contributed by atoms with Crippen LogP contribution in [0.1, 0.15) is 89.5 Å². The molecule has 0 aromatic heterocycles. The summed E-state index contributed by atoms with van der Waals surface area (Å²) in [6.45, 7) is 1.22. The van der Waals surface area contributed by atoms with E-state index in [0.29, 0.717) is 44.3 Å². The van der Waals surface area contributed by atoms with Crippen molar-refractivity contribution in [1.29, 1.82) is 0 Å². The van der Waals surface area contributed by atoms with Crippen molar-refractivity contribution in [2.75, 3.05) is 45.8 Å². The lowest BCUT2D eigenvalue weighted by atomic mass is 9.96. The van der Waals surface area contributed by atoms with Crippen LogP contribution in [0.25, 0.3) is 0 Å². The molecule has 1 aliphatic rings. The predicted molar refractivity (Wildman–Crippen MR) is 271 cm³/mol. The minimum atomic E-state index is -1.57. The van der Waals surface area contributed by atoms with Crippen molar-refractivity contribution < 1.29 is 57.8 Å². The van der Waals surface area contributed by atoms with Crippen LogP contribution in [0.3, 0.4) is 0 Å². The second-order valence-corrected chi connectivity index (χ2v) is 17.9. The van der Waals surface area contributed by atoms with Gasteiger partial charge in [0.15, 0.2) is 11.7 Å². The van der Waals surface area contributed by atoms with Crippen LogP contribution in [-0.2, 0) is 49.6 Å². The average Bonchev–Trinajstić information content (AvgIpc) is 3.34. The Labute approximate surface area is 429 Å². The first kappa shape index (κ1) is 63.5. The average molecular weight is 1050 g/mol. The molecule has 0 bridgehead atoms. The first-order valence-electron chi connectivity index (χ1n) is 24.7. The molecule has 0 aliphatic carbocycles. The molecule has 1 heterocycles. The number of ketones is 1. The van der Waals surface area contributed by atoms with Gasteiger partial charge in [-0.2, -0.15) is 0 Å². The van der Waals surface area contributed by atoms with E-state index in [1.54, 1.807) is 0 Å². The Morgan fingerprint density at radius 3 is 2.05 bits per heavy atom. The molecule has 0 unspecified atom stereocenters. The van der Waals surface area contributed by atoms with Crippen molar-refractivity contribution in [2.45, 2.75) is 139 Å². The van der Waals surface area contributed by atoms with Crippen molar-refractivity contribution in [1.82, 2.24) is 36.8 Å². The molecule has 1 aliphatic heterocycles. The largest absolute Gasteiger partial charge is 0.478 e. The molecule has 1 saturated heterocycles. The summed E-state index contributed by atoms with van der Waals surface area (Å²) in [6.07, 6.45) is 2.29. The van der Waals surface area contributed by atoms with Gasteiger partial charge in [0.25, 0.3) is 0 Å². The molecule has 0 radical (unpaired) electrons. The van der Waals surface area contributed by atoms with E-state index in [4.69, 9.17) is 40.1 Å². The van der Waals surface area contributed by atoms with Crippen molar-refractivity contribution in [3.8, 4) is 0 Å². The highest BCUT2D eigenvalue weighted by Crippen LogP contribution is 2.21. The number of carboxylic acids is 1. The number of hydrogen-bond acceptors (Lipinski definition) is 16. The number of carbonyl (C=O) groups excluding carboxylic acids is 8. The van der Waals surface area contributed by atoms with Gasteiger partial charge in [0.05, 0.1) is 24.7 Å². The minimum absolute atomic E-state index is 0.0332. The van der Waals surface area contributed by atoms with Gasteiger partial charge in [-0.3, -0.25) is 43.3 Å². The van der Waals surface area contributed by atoms with Crippen molar-refractivity contribution in [2.24, 2.45) is 45.1 Å².